The zero-order valence-electron chi connectivity index (χ0n) is 14.5. The Hall–Kier alpha value is -2.21. The summed E-state index contributed by atoms with van der Waals surface area (Å²) in [6.45, 7) is 4.33. The van der Waals surface area contributed by atoms with E-state index in [9.17, 15) is 4.79 Å². The molecule has 2 aliphatic rings. The van der Waals surface area contributed by atoms with E-state index in [4.69, 9.17) is 0 Å². The average Bonchev–Trinajstić information content (AvgIpc) is 3.38. The summed E-state index contributed by atoms with van der Waals surface area (Å²) < 4.78 is 2.27. The first-order chi connectivity index (χ1) is 12.3. The molecule has 25 heavy (non-hydrogen) atoms. The van der Waals surface area contributed by atoms with Crippen LogP contribution in [-0.4, -0.2) is 38.4 Å². The third kappa shape index (κ3) is 4.25. The van der Waals surface area contributed by atoms with E-state index in [-0.39, 0.29) is 5.91 Å². The van der Waals surface area contributed by atoms with Crippen molar-refractivity contribution in [1.82, 2.24) is 24.8 Å². The first kappa shape index (κ1) is 16.3. The minimum atomic E-state index is 0.170. The summed E-state index contributed by atoms with van der Waals surface area (Å²) in [7, 11) is 0. The maximum Gasteiger partial charge on any atom is 0.220 e. The summed E-state index contributed by atoms with van der Waals surface area (Å²) in [6, 6.07) is 6.06. The lowest BCUT2D eigenvalue weighted by atomic mass is 10.3. The molecular formula is C19H25N5O. The minimum Gasteiger partial charge on any atom is -0.350 e. The van der Waals surface area contributed by atoms with Crippen LogP contribution in [-0.2, 0) is 30.8 Å². The highest BCUT2D eigenvalue weighted by atomic mass is 16.1. The van der Waals surface area contributed by atoms with Crippen LogP contribution in [0.2, 0.25) is 0 Å². The van der Waals surface area contributed by atoms with E-state index >= 15 is 0 Å². The number of hydrogen-bond donors (Lipinski definition) is 1. The lowest BCUT2D eigenvalue weighted by Crippen LogP contribution is -2.28. The highest BCUT2D eigenvalue weighted by molar-refractivity contribution is 5.76. The normalized spacial score (nSPS) is 17.8. The van der Waals surface area contributed by atoms with Gasteiger partial charge in [0.05, 0.1) is 24.1 Å². The van der Waals surface area contributed by atoms with Crippen LogP contribution >= 0.6 is 0 Å². The number of rotatable bonds is 6. The van der Waals surface area contributed by atoms with Crippen LogP contribution in [0.3, 0.4) is 0 Å². The number of amides is 1. The number of fused-ring (bicyclic) bond motifs is 1. The van der Waals surface area contributed by atoms with Crippen LogP contribution in [0, 0.1) is 5.92 Å². The summed E-state index contributed by atoms with van der Waals surface area (Å²) in [4.78, 5) is 23.3. The molecule has 6 heteroatoms. The maximum absolute atomic E-state index is 11.9. The van der Waals surface area contributed by atoms with Crippen molar-refractivity contribution in [2.45, 2.75) is 45.3 Å². The van der Waals surface area contributed by atoms with Gasteiger partial charge >= 0.3 is 0 Å². The topological polar surface area (TPSA) is 63.1 Å². The van der Waals surface area contributed by atoms with Gasteiger partial charge in [0.25, 0.3) is 0 Å². The van der Waals surface area contributed by atoms with Crippen LogP contribution in [0.1, 0.15) is 36.5 Å². The molecule has 4 rings (SSSR count). The standard InChI is InChI=1S/C19H25N5O/c25-19(11-15-4-5-15)22-13-17-12-21-18-6-8-23(9-10-24(17)18)14-16-3-1-2-7-20-16/h1-3,7,12,15H,4-6,8-11,13-14H2,(H,22,25). The van der Waals surface area contributed by atoms with Gasteiger partial charge in [-0.1, -0.05) is 6.07 Å². The Labute approximate surface area is 148 Å². The van der Waals surface area contributed by atoms with Crippen molar-refractivity contribution in [2.24, 2.45) is 5.92 Å². The molecule has 3 heterocycles. The number of hydrogen-bond acceptors (Lipinski definition) is 4. The van der Waals surface area contributed by atoms with Crippen molar-refractivity contribution in [2.75, 3.05) is 13.1 Å². The molecule has 0 saturated heterocycles. The molecule has 132 valence electrons. The largest absolute Gasteiger partial charge is 0.350 e. The molecular weight excluding hydrogens is 314 g/mol. The molecule has 0 spiro atoms. The van der Waals surface area contributed by atoms with E-state index in [1.54, 1.807) is 0 Å². The fourth-order valence-electron chi connectivity index (χ4n) is 3.40. The zero-order valence-corrected chi connectivity index (χ0v) is 14.5. The molecule has 1 saturated carbocycles. The van der Waals surface area contributed by atoms with Crippen molar-refractivity contribution < 1.29 is 4.79 Å². The van der Waals surface area contributed by atoms with Crippen LogP contribution in [0.15, 0.2) is 30.6 Å². The van der Waals surface area contributed by atoms with Gasteiger partial charge in [0.15, 0.2) is 0 Å². The molecule has 1 aliphatic heterocycles. The van der Waals surface area contributed by atoms with Gasteiger partial charge in [-0.25, -0.2) is 4.98 Å². The summed E-state index contributed by atoms with van der Waals surface area (Å²) in [5.74, 6) is 1.92. The molecule has 2 aromatic rings. The fourth-order valence-corrected chi connectivity index (χ4v) is 3.40. The maximum atomic E-state index is 11.9. The van der Waals surface area contributed by atoms with Crippen LogP contribution in [0.25, 0.3) is 0 Å². The van der Waals surface area contributed by atoms with E-state index in [0.29, 0.717) is 18.9 Å². The molecule has 6 nitrogen and oxygen atoms in total. The second kappa shape index (κ2) is 7.35. The summed E-state index contributed by atoms with van der Waals surface area (Å²) >= 11 is 0. The molecule has 1 aliphatic carbocycles. The van der Waals surface area contributed by atoms with Gasteiger partial charge in [-0.05, 0) is 30.9 Å². The molecule has 1 fully saturated rings. The number of nitrogens with zero attached hydrogens (tertiary/aromatic N) is 4. The van der Waals surface area contributed by atoms with E-state index < -0.39 is 0 Å². The van der Waals surface area contributed by atoms with Gasteiger partial charge in [-0.15, -0.1) is 0 Å². The zero-order chi connectivity index (χ0) is 17.1. The monoisotopic (exact) mass is 339 g/mol. The van der Waals surface area contributed by atoms with Gasteiger partial charge in [-0.2, -0.15) is 0 Å². The number of aromatic nitrogens is 3. The highest BCUT2D eigenvalue weighted by Crippen LogP contribution is 2.32. The summed E-state index contributed by atoms with van der Waals surface area (Å²) in [6.07, 6.45) is 7.80. The summed E-state index contributed by atoms with van der Waals surface area (Å²) in [5, 5.41) is 3.05. The van der Waals surface area contributed by atoms with Crippen molar-refractivity contribution in [3.63, 3.8) is 0 Å². The molecule has 0 atom stereocenters. The molecule has 0 radical (unpaired) electrons. The molecule has 0 bridgehead atoms. The summed E-state index contributed by atoms with van der Waals surface area (Å²) in [5.41, 5.74) is 2.22. The lowest BCUT2D eigenvalue weighted by Gasteiger charge is -2.19. The Kier molecular flexibility index (Phi) is 4.78. The number of carbonyl (C=O) groups excluding carboxylic acids is 1. The second-order valence-corrected chi connectivity index (χ2v) is 7.09. The Bertz CT molecular complexity index is 723. The predicted molar refractivity (Wildman–Crippen MR) is 94.6 cm³/mol. The number of carbonyl (C=O) groups is 1. The van der Waals surface area contributed by atoms with Crippen molar-refractivity contribution in [3.05, 3.63) is 47.8 Å². The number of imidazole rings is 1. The molecule has 0 aromatic carbocycles. The van der Waals surface area contributed by atoms with E-state index in [1.807, 2.05) is 24.5 Å². The Morgan fingerprint density at radius 1 is 1.20 bits per heavy atom. The Balaban J connectivity index is 1.33. The number of pyridine rings is 1. The Morgan fingerprint density at radius 2 is 2.12 bits per heavy atom. The van der Waals surface area contributed by atoms with Gasteiger partial charge < -0.3 is 9.88 Å². The van der Waals surface area contributed by atoms with Crippen LogP contribution in [0.5, 0.6) is 0 Å². The van der Waals surface area contributed by atoms with Gasteiger partial charge in [-0.3, -0.25) is 14.7 Å². The lowest BCUT2D eigenvalue weighted by molar-refractivity contribution is -0.121. The van der Waals surface area contributed by atoms with Crippen molar-refractivity contribution >= 4 is 5.91 Å². The minimum absolute atomic E-state index is 0.170. The SMILES string of the molecule is O=C(CC1CC1)NCc1cnc2n1CCN(Cc1ccccn1)CC2. The first-order valence-corrected chi connectivity index (χ1v) is 9.20. The van der Waals surface area contributed by atoms with Crippen molar-refractivity contribution in [3.8, 4) is 0 Å². The third-order valence-electron chi connectivity index (χ3n) is 5.06. The molecule has 1 amide bonds. The quantitative estimate of drug-likeness (QED) is 0.871. The van der Waals surface area contributed by atoms with Crippen LogP contribution < -0.4 is 5.32 Å². The fraction of sp³-hybridized carbons (Fsp3) is 0.526. The van der Waals surface area contributed by atoms with Crippen LogP contribution in [0.4, 0.5) is 0 Å². The average molecular weight is 339 g/mol. The van der Waals surface area contributed by atoms with Gasteiger partial charge in [0.2, 0.25) is 5.91 Å². The Morgan fingerprint density at radius 3 is 2.92 bits per heavy atom. The van der Waals surface area contributed by atoms with Gasteiger partial charge in [0, 0.05) is 45.2 Å². The second-order valence-electron chi connectivity index (χ2n) is 7.09. The molecule has 2 aromatic heterocycles. The highest BCUT2D eigenvalue weighted by Gasteiger charge is 2.24. The van der Waals surface area contributed by atoms with E-state index in [2.05, 4.69) is 30.8 Å². The number of nitrogens with one attached hydrogen (secondary N) is 1. The molecule has 1 N–H and O–H groups in total. The van der Waals surface area contributed by atoms with E-state index in [1.165, 1.54) is 12.8 Å². The molecule has 0 unspecified atom stereocenters. The van der Waals surface area contributed by atoms with Crippen molar-refractivity contribution in [1.29, 1.82) is 0 Å². The van der Waals surface area contributed by atoms with E-state index in [0.717, 1.165) is 49.8 Å². The predicted octanol–water partition coefficient (Wildman–Crippen LogP) is 1.75. The third-order valence-corrected chi connectivity index (χ3v) is 5.06. The first-order valence-electron chi connectivity index (χ1n) is 9.20. The van der Waals surface area contributed by atoms with Gasteiger partial charge in [0.1, 0.15) is 5.82 Å². The smallest absolute Gasteiger partial charge is 0.220 e.